The molecule has 1 atom stereocenters. The molecule has 1 aliphatic rings. The van der Waals surface area contributed by atoms with Gasteiger partial charge in [0.25, 0.3) is 0 Å². The van der Waals surface area contributed by atoms with Crippen LogP contribution in [-0.4, -0.2) is 37.1 Å². The summed E-state index contributed by atoms with van der Waals surface area (Å²) < 4.78 is 5.58. The summed E-state index contributed by atoms with van der Waals surface area (Å²) in [5.74, 6) is 1.23. The molecule has 0 saturated heterocycles. The molecule has 138 valence electrons. The average Bonchev–Trinajstić information content (AvgIpc) is 3.07. The van der Waals surface area contributed by atoms with E-state index >= 15 is 0 Å². The number of carbonyl (C=O) groups is 1. The van der Waals surface area contributed by atoms with E-state index in [-0.39, 0.29) is 12.6 Å². The Bertz CT molecular complexity index is 551. The number of halogens is 1. The minimum atomic E-state index is -1.25. The predicted octanol–water partition coefficient (Wildman–Crippen LogP) is 3.60. The molecule has 6 heteroatoms. The number of carboxylic acid groups (broad SMARTS) is 1. The van der Waals surface area contributed by atoms with Crippen LogP contribution in [0, 0.1) is 0 Å². The molecular formula is C19H26ClN2O3-. The molecule has 5 nitrogen and oxygen atoms in total. The Morgan fingerprint density at radius 1 is 1.16 bits per heavy atom. The van der Waals surface area contributed by atoms with Crippen molar-refractivity contribution in [3.63, 3.8) is 0 Å². The van der Waals surface area contributed by atoms with Crippen molar-refractivity contribution in [1.29, 1.82) is 0 Å². The van der Waals surface area contributed by atoms with Crippen molar-refractivity contribution in [3.8, 4) is 0 Å². The summed E-state index contributed by atoms with van der Waals surface area (Å²) in [7, 11) is 0. The highest BCUT2D eigenvalue weighted by atomic mass is 35.5. The summed E-state index contributed by atoms with van der Waals surface area (Å²) in [6.07, 6.45) is 6.81. The number of aliphatic imine (C=N–C) groups is 1. The zero-order chi connectivity index (χ0) is 17.9. The molecule has 0 fully saturated rings. The molecule has 1 amide bonds. The van der Waals surface area contributed by atoms with E-state index in [0.29, 0.717) is 18.2 Å². The Balaban J connectivity index is 1.74. The minimum Gasteiger partial charge on any atom is -0.530 e. The van der Waals surface area contributed by atoms with Gasteiger partial charge in [-0.05, 0) is 25.0 Å². The lowest BCUT2D eigenvalue weighted by atomic mass is 10.1. The first-order valence-corrected chi connectivity index (χ1v) is 9.53. The monoisotopic (exact) mass is 365 g/mol. The van der Waals surface area contributed by atoms with E-state index in [1.54, 1.807) is 24.3 Å². The van der Waals surface area contributed by atoms with Gasteiger partial charge in [0.15, 0.2) is 0 Å². The van der Waals surface area contributed by atoms with E-state index < -0.39 is 6.09 Å². The lowest BCUT2D eigenvalue weighted by Gasteiger charge is -2.24. The van der Waals surface area contributed by atoms with Gasteiger partial charge in [0.2, 0.25) is 5.90 Å². The predicted molar refractivity (Wildman–Crippen MR) is 99.4 cm³/mol. The molecule has 1 aliphatic heterocycles. The van der Waals surface area contributed by atoms with E-state index in [0.717, 1.165) is 30.0 Å². The molecule has 0 spiro atoms. The molecule has 1 aromatic rings. The fourth-order valence-corrected chi connectivity index (χ4v) is 3.08. The van der Waals surface area contributed by atoms with Gasteiger partial charge in [0.1, 0.15) is 19.2 Å². The number of amides is 1. The number of unbranched alkanes of at least 4 members (excludes halogenated alkanes) is 5. The molecule has 1 heterocycles. The minimum absolute atomic E-state index is 0.0985. The van der Waals surface area contributed by atoms with Crippen LogP contribution in [-0.2, 0) is 4.74 Å². The maximum absolute atomic E-state index is 11.4. The van der Waals surface area contributed by atoms with E-state index in [1.807, 2.05) is 6.07 Å². The molecule has 0 aliphatic carbocycles. The Morgan fingerprint density at radius 3 is 2.52 bits per heavy atom. The third-order valence-corrected chi connectivity index (χ3v) is 4.54. The normalized spacial score (nSPS) is 16.4. The maximum atomic E-state index is 11.4. The van der Waals surface area contributed by atoms with Crippen LogP contribution in [0.25, 0.3) is 0 Å². The Labute approximate surface area is 154 Å². The SMILES string of the molecule is O=C([O-])N(CC1=NC(CCCCCCCCCl)CO1)c1ccccc1. The van der Waals surface area contributed by atoms with Crippen molar-refractivity contribution in [2.75, 3.05) is 23.9 Å². The third-order valence-electron chi connectivity index (χ3n) is 4.27. The van der Waals surface area contributed by atoms with Crippen LogP contribution in [0.5, 0.6) is 0 Å². The highest BCUT2D eigenvalue weighted by molar-refractivity contribution is 6.17. The second-order valence-corrected chi connectivity index (χ2v) is 6.65. The molecule has 1 aromatic carbocycles. The number of anilines is 1. The topological polar surface area (TPSA) is 65.0 Å². The fourth-order valence-electron chi connectivity index (χ4n) is 2.89. The van der Waals surface area contributed by atoms with Gasteiger partial charge < -0.3 is 19.5 Å². The number of alkyl halides is 1. The largest absolute Gasteiger partial charge is 0.530 e. The smallest absolute Gasteiger partial charge is 0.204 e. The zero-order valence-electron chi connectivity index (χ0n) is 14.5. The number of hydrogen-bond acceptors (Lipinski definition) is 4. The van der Waals surface area contributed by atoms with Crippen molar-refractivity contribution in [3.05, 3.63) is 30.3 Å². The lowest BCUT2D eigenvalue weighted by molar-refractivity contribution is -0.246. The number of ether oxygens (including phenoxy) is 1. The van der Waals surface area contributed by atoms with Gasteiger partial charge in [0.05, 0.1) is 6.04 Å². The van der Waals surface area contributed by atoms with Crippen LogP contribution >= 0.6 is 11.6 Å². The molecule has 0 aromatic heterocycles. The van der Waals surface area contributed by atoms with Crippen molar-refractivity contribution in [2.24, 2.45) is 4.99 Å². The second-order valence-electron chi connectivity index (χ2n) is 6.27. The summed E-state index contributed by atoms with van der Waals surface area (Å²) in [6.45, 7) is 0.637. The van der Waals surface area contributed by atoms with Crippen molar-refractivity contribution < 1.29 is 14.6 Å². The van der Waals surface area contributed by atoms with Gasteiger partial charge in [0, 0.05) is 11.6 Å². The summed E-state index contributed by atoms with van der Waals surface area (Å²) >= 11 is 5.66. The van der Waals surface area contributed by atoms with Crippen LogP contribution in [0.4, 0.5) is 10.5 Å². The zero-order valence-corrected chi connectivity index (χ0v) is 15.3. The van der Waals surface area contributed by atoms with E-state index in [4.69, 9.17) is 16.3 Å². The second kappa shape index (κ2) is 11.0. The van der Waals surface area contributed by atoms with Crippen LogP contribution in [0.1, 0.15) is 44.9 Å². The first-order chi connectivity index (χ1) is 12.2. The van der Waals surface area contributed by atoms with Gasteiger partial charge in [-0.15, -0.1) is 11.6 Å². The van der Waals surface area contributed by atoms with Crippen LogP contribution in [0.15, 0.2) is 35.3 Å². The Morgan fingerprint density at radius 2 is 1.84 bits per heavy atom. The molecule has 0 bridgehead atoms. The van der Waals surface area contributed by atoms with E-state index in [9.17, 15) is 9.90 Å². The third kappa shape index (κ3) is 6.94. The first kappa shape index (κ1) is 19.6. The van der Waals surface area contributed by atoms with Gasteiger partial charge in [-0.25, -0.2) is 4.99 Å². The van der Waals surface area contributed by atoms with Gasteiger partial charge in [-0.3, -0.25) is 0 Å². The van der Waals surface area contributed by atoms with E-state index in [2.05, 4.69) is 4.99 Å². The van der Waals surface area contributed by atoms with Crippen molar-refractivity contribution in [1.82, 2.24) is 0 Å². The Kier molecular flexibility index (Phi) is 8.60. The summed E-state index contributed by atoms with van der Waals surface area (Å²) in [6, 6.07) is 9.01. The summed E-state index contributed by atoms with van der Waals surface area (Å²) in [4.78, 5) is 17.1. The molecule has 0 radical (unpaired) electrons. The highest BCUT2D eigenvalue weighted by Crippen LogP contribution is 2.17. The molecule has 2 rings (SSSR count). The van der Waals surface area contributed by atoms with Crippen molar-refractivity contribution in [2.45, 2.75) is 51.0 Å². The number of para-hydroxylation sites is 1. The number of carbonyl (C=O) groups excluding carboxylic acids is 1. The quantitative estimate of drug-likeness (QED) is 0.444. The van der Waals surface area contributed by atoms with Crippen molar-refractivity contribution >= 4 is 29.3 Å². The van der Waals surface area contributed by atoms with Crippen LogP contribution in [0.3, 0.4) is 0 Å². The maximum Gasteiger partial charge on any atom is 0.204 e. The molecule has 0 saturated carbocycles. The van der Waals surface area contributed by atoms with Gasteiger partial charge in [-0.1, -0.05) is 50.3 Å². The molecule has 25 heavy (non-hydrogen) atoms. The molecule has 1 unspecified atom stereocenters. The number of hydrogen-bond donors (Lipinski definition) is 0. The standard InChI is InChI=1S/C19H27ClN2O3/c20-13-9-4-2-1-3-6-10-16-15-25-18(21-16)14-22(19(23)24)17-11-7-5-8-12-17/h5,7-8,11-12,16H,1-4,6,9-10,13-15H2,(H,23,24)/p-1. The summed E-state index contributed by atoms with van der Waals surface area (Å²) in [5, 5.41) is 11.4. The number of benzene rings is 1. The van der Waals surface area contributed by atoms with E-state index in [1.165, 1.54) is 25.7 Å². The average molecular weight is 366 g/mol. The van der Waals surface area contributed by atoms with Gasteiger partial charge >= 0.3 is 0 Å². The number of rotatable bonds is 11. The molecular weight excluding hydrogens is 340 g/mol. The summed E-state index contributed by atoms with van der Waals surface area (Å²) in [5.41, 5.74) is 0.564. The van der Waals surface area contributed by atoms with Gasteiger partial charge in [-0.2, -0.15) is 0 Å². The van der Waals surface area contributed by atoms with Crippen LogP contribution < -0.4 is 10.0 Å². The fraction of sp³-hybridized carbons (Fsp3) is 0.579. The number of nitrogens with zero attached hydrogens (tertiary/aromatic N) is 2. The molecule has 0 N–H and O–H groups in total. The lowest BCUT2D eigenvalue weighted by Crippen LogP contribution is -2.44. The highest BCUT2D eigenvalue weighted by Gasteiger charge is 2.21. The Hall–Kier alpha value is -1.75. The van der Waals surface area contributed by atoms with Crippen LogP contribution in [0.2, 0.25) is 0 Å². The first-order valence-electron chi connectivity index (χ1n) is 8.99.